The van der Waals surface area contributed by atoms with Gasteiger partial charge in [0.2, 0.25) is 5.91 Å². The van der Waals surface area contributed by atoms with Crippen LogP contribution in [0, 0.1) is 0 Å². The largest absolute Gasteiger partial charge is 0.389 e. The number of aliphatic hydroxyl groups is 1. The van der Waals surface area contributed by atoms with Crippen LogP contribution in [0.2, 0.25) is 0 Å². The maximum atomic E-state index is 11.7. The van der Waals surface area contributed by atoms with E-state index >= 15 is 0 Å². The van der Waals surface area contributed by atoms with E-state index in [1.807, 2.05) is 48.7 Å². The predicted molar refractivity (Wildman–Crippen MR) is 152 cm³/mol. The fourth-order valence-corrected chi connectivity index (χ4v) is 4.72. The molecular weight excluding hydrogens is 478 g/mol. The van der Waals surface area contributed by atoms with E-state index in [2.05, 4.69) is 61.2 Å². The summed E-state index contributed by atoms with van der Waals surface area (Å²) in [7, 11) is 0. The summed E-state index contributed by atoms with van der Waals surface area (Å²) >= 11 is 0. The molecule has 0 spiro atoms. The molecule has 4 aromatic rings. The van der Waals surface area contributed by atoms with Crippen molar-refractivity contribution in [2.75, 3.05) is 48.3 Å². The number of amides is 1. The summed E-state index contributed by atoms with van der Waals surface area (Å²) in [4.78, 5) is 25.5. The van der Waals surface area contributed by atoms with Crippen molar-refractivity contribution in [2.45, 2.75) is 19.4 Å². The minimum Gasteiger partial charge on any atom is -0.389 e. The summed E-state index contributed by atoms with van der Waals surface area (Å²) in [6, 6.07) is 15.9. The highest BCUT2D eigenvalue weighted by Crippen LogP contribution is 2.26. The molecule has 1 amide bonds. The number of hydrogen-bond acceptors (Lipinski definition) is 7. The van der Waals surface area contributed by atoms with Gasteiger partial charge >= 0.3 is 0 Å². The number of benzene rings is 2. The number of imidazole rings is 1. The van der Waals surface area contributed by atoms with Gasteiger partial charge in [-0.15, -0.1) is 0 Å². The quantitative estimate of drug-likeness (QED) is 0.306. The molecule has 9 heteroatoms. The van der Waals surface area contributed by atoms with Crippen molar-refractivity contribution in [3.8, 4) is 11.4 Å². The minimum absolute atomic E-state index is 0.259. The molecule has 1 aliphatic heterocycles. The molecule has 0 radical (unpaired) electrons. The average Bonchev–Trinajstić information content (AvgIpc) is 3.32. The molecule has 1 aliphatic rings. The van der Waals surface area contributed by atoms with E-state index in [0.717, 1.165) is 48.8 Å². The van der Waals surface area contributed by atoms with Crippen LogP contribution in [0.4, 0.5) is 22.9 Å². The van der Waals surface area contributed by atoms with Gasteiger partial charge in [0.25, 0.3) is 0 Å². The first kappa shape index (κ1) is 25.4. The van der Waals surface area contributed by atoms with Gasteiger partial charge in [0.05, 0.1) is 29.7 Å². The van der Waals surface area contributed by atoms with Gasteiger partial charge in [0.1, 0.15) is 11.6 Å². The fourth-order valence-electron chi connectivity index (χ4n) is 4.72. The Morgan fingerprint density at radius 1 is 1.05 bits per heavy atom. The van der Waals surface area contributed by atoms with Crippen molar-refractivity contribution in [1.82, 2.24) is 19.3 Å². The smallest absolute Gasteiger partial charge is 0.247 e. The first-order valence-corrected chi connectivity index (χ1v) is 12.7. The van der Waals surface area contributed by atoms with Crippen molar-refractivity contribution < 1.29 is 9.90 Å². The standard InChI is InChI=1S/C29H33N7O2/c1-4-27(37)33-23-7-5-6-21(16-23)28-31-18-25-17-30-26(19-36(25)28)32-22-8-10-24(11-9-22)35-14-12-34(13-15-35)20-29(2,3)38/h4-11,16-19,32,38H,1,12-15,20H2,2-3H3,(H,33,37). The Hall–Kier alpha value is -4.21. The molecule has 0 unspecified atom stereocenters. The van der Waals surface area contributed by atoms with Crippen LogP contribution < -0.4 is 15.5 Å². The monoisotopic (exact) mass is 511 g/mol. The predicted octanol–water partition coefficient (Wildman–Crippen LogP) is 4.16. The van der Waals surface area contributed by atoms with E-state index < -0.39 is 5.60 Å². The Labute approximate surface area is 222 Å². The number of piperazine rings is 1. The van der Waals surface area contributed by atoms with E-state index in [-0.39, 0.29) is 5.91 Å². The van der Waals surface area contributed by atoms with Crippen LogP contribution in [0.25, 0.3) is 16.9 Å². The maximum Gasteiger partial charge on any atom is 0.247 e. The third-order valence-electron chi connectivity index (χ3n) is 6.47. The number of anilines is 4. The van der Waals surface area contributed by atoms with Gasteiger partial charge in [-0.05, 0) is 56.3 Å². The number of hydrogen-bond donors (Lipinski definition) is 3. The lowest BCUT2D eigenvalue weighted by Crippen LogP contribution is -2.50. The van der Waals surface area contributed by atoms with Gasteiger partial charge in [0, 0.05) is 55.3 Å². The number of carbonyl (C=O) groups is 1. The zero-order valence-corrected chi connectivity index (χ0v) is 21.8. The SMILES string of the molecule is C=CC(=O)Nc1cccc(-c2ncc3cnc(Nc4ccc(N5CCN(CC(C)(C)O)CC5)cc4)cn23)c1. The summed E-state index contributed by atoms with van der Waals surface area (Å²) in [5.41, 5.74) is 3.87. The molecule has 5 rings (SSSR count). The molecule has 38 heavy (non-hydrogen) atoms. The molecule has 0 saturated carbocycles. The van der Waals surface area contributed by atoms with Crippen LogP contribution in [0.1, 0.15) is 13.8 Å². The van der Waals surface area contributed by atoms with Crippen molar-refractivity contribution in [2.24, 2.45) is 0 Å². The molecule has 2 aromatic heterocycles. The second kappa shape index (κ2) is 10.6. The highest BCUT2D eigenvalue weighted by molar-refractivity contribution is 5.99. The topological polar surface area (TPSA) is 98.0 Å². The van der Waals surface area contributed by atoms with Gasteiger partial charge in [-0.2, -0.15) is 0 Å². The number of carbonyl (C=O) groups excluding carboxylic acids is 1. The van der Waals surface area contributed by atoms with Crippen LogP contribution in [-0.4, -0.2) is 68.6 Å². The van der Waals surface area contributed by atoms with E-state index in [4.69, 9.17) is 0 Å². The van der Waals surface area contributed by atoms with Gasteiger partial charge in [-0.25, -0.2) is 9.97 Å². The van der Waals surface area contributed by atoms with Gasteiger partial charge in [-0.3, -0.25) is 14.1 Å². The highest BCUT2D eigenvalue weighted by atomic mass is 16.3. The van der Waals surface area contributed by atoms with Crippen LogP contribution in [0.5, 0.6) is 0 Å². The highest BCUT2D eigenvalue weighted by Gasteiger charge is 2.22. The fraction of sp³-hybridized carbons (Fsp3) is 0.276. The molecule has 0 bridgehead atoms. The maximum absolute atomic E-state index is 11.7. The molecule has 3 heterocycles. The Kier molecular flexibility index (Phi) is 7.13. The summed E-state index contributed by atoms with van der Waals surface area (Å²) in [5, 5.41) is 16.3. The van der Waals surface area contributed by atoms with Gasteiger partial charge in [0.15, 0.2) is 0 Å². The van der Waals surface area contributed by atoms with Crippen molar-refractivity contribution >= 4 is 34.3 Å². The number of nitrogens with one attached hydrogen (secondary N) is 2. The molecule has 0 aliphatic carbocycles. The third kappa shape index (κ3) is 6.01. The van der Waals surface area contributed by atoms with Crippen LogP contribution >= 0.6 is 0 Å². The number of aromatic nitrogens is 3. The normalized spacial score (nSPS) is 14.4. The second-order valence-corrected chi connectivity index (χ2v) is 10.2. The molecule has 3 N–H and O–H groups in total. The Balaban J connectivity index is 1.28. The molecule has 0 atom stereocenters. The lowest BCUT2D eigenvalue weighted by molar-refractivity contribution is -0.111. The zero-order chi connectivity index (χ0) is 26.7. The van der Waals surface area contributed by atoms with E-state index in [1.54, 1.807) is 12.4 Å². The van der Waals surface area contributed by atoms with Crippen molar-refractivity contribution in [1.29, 1.82) is 0 Å². The van der Waals surface area contributed by atoms with Gasteiger partial charge in [-0.1, -0.05) is 18.7 Å². The summed E-state index contributed by atoms with van der Waals surface area (Å²) in [6.07, 6.45) is 6.72. The lowest BCUT2D eigenvalue weighted by atomic mass is 10.1. The van der Waals surface area contributed by atoms with Crippen LogP contribution in [0.3, 0.4) is 0 Å². The van der Waals surface area contributed by atoms with Crippen molar-refractivity contribution in [3.05, 3.63) is 79.8 Å². The summed E-state index contributed by atoms with van der Waals surface area (Å²) < 4.78 is 1.98. The molecule has 2 aromatic carbocycles. The zero-order valence-electron chi connectivity index (χ0n) is 21.8. The molecule has 1 fully saturated rings. The van der Waals surface area contributed by atoms with E-state index in [9.17, 15) is 9.90 Å². The Morgan fingerprint density at radius 2 is 1.79 bits per heavy atom. The molecular formula is C29H33N7O2. The first-order valence-electron chi connectivity index (χ1n) is 12.7. The number of fused-ring (bicyclic) bond motifs is 1. The van der Waals surface area contributed by atoms with Crippen LogP contribution in [-0.2, 0) is 4.79 Å². The van der Waals surface area contributed by atoms with Gasteiger partial charge < -0.3 is 20.6 Å². The van der Waals surface area contributed by atoms with Crippen LogP contribution in [0.15, 0.2) is 79.8 Å². The Bertz CT molecular complexity index is 1430. The minimum atomic E-state index is -0.670. The molecule has 196 valence electrons. The number of β-amino-alcohol motifs (C(OH)–C–C–N with tert-alkyl or cyclic N) is 1. The van der Waals surface area contributed by atoms with Crippen molar-refractivity contribution in [3.63, 3.8) is 0 Å². The molecule has 9 nitrogen and oxygen atoms in total. The average molecular weight is 512 g/mol. The summed E-state index contributed by atoms with van der Waals surface area (Å²) in [6.45, 7) is 11.6. The molecule has 1 saturated heterocycles. The number of rotatable bonds is 8. The number of nitrogens with zero attached hydrogens (tertiary/aromatic N) is 5. The van der Waals surface area contributed by atoms with E-state index in [1.165, 1.54) is 11.8 Å². The van der Waals surface area contributed by atoms with E-state index in [0.29, 0.717) is 18.1 Å². The summed E-state index contributed by atoms with van der Waals surface area (Å²) in [5.74, 6) is 1.19. The Morgan fingerprint density at radius 3 is 2.50 bits per heavy atom. The third-order valence-corrected chi connectivity index (χ3v) is 6.47. The first-order chi connectivity index (χ1) is 18.3. The lowest BCUT2D eigenvalue weighted by Gasteiger charge is -2.38. The second-order valence-electron chi connectivity index (χ2n) is 10.2.